The van der Waals surface area contributed by atoms with Gasteiger partial charge in [-0.25, -0.2) is 0 Å². The second-order valence-corrected chi connectivity index (χ2v) is 4.44. The van der Waals surface area contributed by atoms with Crippen LogP contribution in [0.4, 0.5) is 0 Å². The molecule has 1 atom stereocenters. The molecule has 1 aliphatic rings. The molecule has 1 fully saturated rings. The van der Waals surface area contributed by atoms with Gasteiger partial charge in [0.25, 0.3) is 0 Å². The lowest BCUT2D eigenvalue weighted by Crippen LogP contribution is -2.46. The molecular formula is C11H21NO2. The summed E-state index contributed by atoms with van der Waals surface area (Å²) in [7, 11) is 0. The zero-order valence-electron chi connectivity index (χ0n) is 9.21. The molecule has 0 heterocycles. The maximum Gasteiger partial charge on any atom is 0.326 e. The monoisotopic (exact) mass is 199 g/mol. The van der Waals surface area contributed by atoms with Gasteiger partial charge in [0.05, 0.1) is 0 Å². The minimum Gasteiger partial charge on any atom is -0.461 e. The highest BCUT2D eigenvalue weighted by Crippen LogP contribution is 2.22. The van der Waals surface area contributed by atoms with Crippen LogP contribution in [-0.2, 0) is 9.53 Å². The highest BCUT2D eigenvalue weighted by Gasteiger charge is 2.30. The van der Waals surface area contributed by atoms with Gasteiger partial charge in [-0.3, -0.25) is 4.79 Å². The Morgan fingerprint density at radius 2 is 2.00 bits per heavy atom. The Hall–Kier alpha value is -0.570. The molecule has 1 saturated carbocycles. The van der Waals surface area contributed by atoms with Crippen molar-refractivity contribution in [1.29, 1.82) is 0 Å². The first-order chi connectivity index (χ1) is 6.56. The molecule has 0 aromatic rings. The predicted molar refractivity (Wildman–Crippen MR) is 55.8 cm³/mol. The molecule has 1 unspecified atom stereocenters. The van der Waals surface area contributed by atoms with Crippen molar-refractivity contribution in [2.75, 3.05) is 0 Å². The van der Waals surface area contributed by atoms with Gasteiger partial charge in [0, 0.05) is 0 Å². The van der Waals surface area contributed by atoms with Gasteiger partial charge in [0.15, 0.2) is 0 Å². The number of rotatable bonds is 3. The van der Waals surface area contributed by atoms with Crippen molar-refractivity contribution in [2.24, 2.45) is 5.73 Å². The minimum absolute atomic E-state index is 0.116. The Bertz CT molecular complexity index is 195. The largest absolute Gasteiger partial charge is 0.461 e. The SMILES string of the molecule is CCC(C)(N)C(=O)OC1CCCCC1. The van der Waals surface area contributed by atoms with Gasteiger partial charge in [-0.05, 0) is 39.0 Å². The standard InChI is InChI=1S/C11H21NO2/c1-3-11(2,12)10(13)14-9-7-5-4-6-8-9/h9H,3-8,12H2,1-2H3. The molecule has 0 aromatic heterocycles. The third kappa shape index (κ3) is 2.98. The Labute approximate surface area is 86.0 Å². The van der Waals surface area contributed by atoms with Crippen LogP contribution in [-0.4, -0.2) is 17.6 Å². The van der Waals surface area contributed by atoms with Crippen molar-refractivity contribution in [3.8, 4) is 0 Å². The van der Waals surface area contributed by atoms with E-state index >= 15 is 0 Å². The number of carbonyl (C=O) groups excluding carboxylic acids is 1. The second kappa shape index (κ2) is 4.78. The Morgan fingerprint density at radius 1 is 1.43 bits per heavy atom. The first-order valence-electron chi connectivity index (χ1n) is 5.56. The maximum absolute atomic E-state index is 11.6. The molecule has 0 bridgehead atoms. The summed E-state index contributed by atoms with van der Waals surface area (Å²) in [6.45, 7) is 3.64. The lowest BCUT2D eigenvalue weighted by molar-refractivity contribution is -0.156. The molecule has 0 amide bonds. The van der Waals surface area contributed by atoms with Crippen LogP contribution in [0.3, 0.4) is 0 Å². The fraction of sp³-hybridized carbons (Fsp3) is 0.909. The van der Waals surface area contributed by atoms with Gasteiger partial charge in [-0.15, -0.1) is 0 Å². The van der Waals surface area contributed by atoms with Gasteiger partial charge >= 0.3 is 5.97 Å². The summed E-state index contributed by atoms with van der Waals surface area (Å²) in [4.78, 5) is 11.6. The lowest BCUT2D eigenvalue weighted by Gasteiger charge is -2.27. The topological polar surface area (TPSA) is 52.3 Å². The van der Waals surface area contributed by atoms with Crippen molar-refractivity contribution in [2.45, 2.75) is 64.0 Å². The molecular weight excluding hydrogens is 178 g/mol. The van der Waals surface area contributed by atoms with Crippen molar-refractivity contribution < 1.29 is 9.53 Å². The van der Waals surface area contributed by atoms with E-state index in [0.29, 0.717) is 6.42 Å². The van der Waals surface area contributed by atoms with Crippen molar-refractivity contribution in [1.82, 2.24) is 0 Å². The summed E-state index contributed by atoms with van der Waals surface area (Å²) in [6.07, 6.45) is 6.36. The molecule has 1 aliphatic carbocycles. The average molecular weight is 199 g/mol. The minimum atomic E-state index is -0.808. The van der Waals surface area contributed by atoms with E-state index in [1.807, 2.05) is 6.92 Å². The van der Waals surface area contributed by atoms with Crippen molar-refractivity contribution in [3.05, 3.63) is 0 Å². The molecule has 82 valence electrons. The fourth-order valence-electron chi connectivity index (χ4n) is 1.61. The van der Waals surface area contributed by atoms with Gasteiger partial charge < -0.3 is 10.5 Å². The Balaban J connectivity index is 2.39. The van der Waals surface area contributed by atoms with Crippen molar-refractivity contribution in [3.63, 3.8) is 0 Å². The highest BCUT2D eigenvalue weighted by molar-refractivity contribution is 5.80. The Morgan fingerprint density at radius 3 is 2.50 bits per heavy atom. The summed E-state index contributed by atoms with van der Waals surface area (Å²) < 4.78 is 5.38. The number of hydrogen-bond acceptors (Lipinski definition) is 3. The summed E-state index contributed by atoms with van der Waals surface area (Å²) >= 11 is 0. The fourth-order valence-corrected chi connectivity index (χ4v) is 1.61. The molecule has 0 aliphatic heterocycles. The molecule has 3 heteroatoms. The molecule has 0 aromatic carbocycles. The first-order valence-corrected chi connectivity index (χ1v) is 5.56. The number of hydrogen-bond donors (Lipinski definition) is 1. The zero-order chi connectivity index (χ0) is 10.6. The third-order valence-corrected chi connectivity index (χ3v) is 3.03. The molecule has 0 spiro atoms. The van der Waals surface area contributed by atoms with E-state index in [0.717, 1.165) is 12.8 Å². The van der Waals surface area contributed by atoms with Gasteiger partial charge in [0.2, 0.25) is 0 Å². The predicted octanol–water partition coefficient (Wildman–Crippen LogP) is 1.99. The van der Waals surface area contributed by atoms with Crippen LogP contribution < -0.4 is 5.73 Å². The van der Waals surface area contributed by atoms with Crippen LogP contribution in [0.5, 0.6) is 0 Å². The van der Waals surface area contributed by atoms with Crippen LogP contribution in [0.2, 0.25) is 0 Å². The molecule has 2 N–H and O–H groups in total. The van der Waals surface area contributed by atoms with E-state index in [4.69, 9.17) is 10.5 Å². The normalized spacial score (nSPS) is 22.8. The summed E-state index contributed by atoms with van der Waals surface area (Å²) in [5.41, 5.74) is 4.99. The molecule has 1 rings (SSSR count). The third-order valence-electron chi connectivity index (χ3n) is 3.03. The van der Waals surface area contributed by atoms with Gasteiger partial charge in [-0.1, -0.05) is 13.3 Å². The van der Waals surface area contributed by atoms with Crippen LogP contribution in [0.15, 0.2) is 0 Å². The number of carbonyl (C=O) groups is 1. The van der Waals surface area contributed by atoms with E-state index < -0.39 is 5.54 Å². The van der Waals surface area contributed by atoms with Crippen LogP contribution in [0, 0.1) is 0 Å². The summed E-state index contributed by atoms with van der Waals surface area (Å²) in [5.74, 6) is -0.244. The average Bonchev–Trinajstić information content (AvgIpc) is 2.19. The van der Waals surface area contributed by atoms with E-state index in [2.05, 4.69) is 0 Å². The van der Waals surface area contributed by atoms with Crippen molar-refractivity contribution >= 4 is 5.97 Å². The quantitative estimate of drug-likeness (QED) is 0.707. The summed E-state index contributed by atoms with van der Waals surface area (Å²) in [5, 5.41) is 0. The molecule has 3 nitrogen and oxygen atoms in total. The molecule has 14 heavy (non-hydrogen) atoms. The number of ether oxygens (including phenoxy) is 1. The smallest absolute Gasteiger partial charge is 0.326 e. The van der Waals surface area contributed by atoms with Gasteiger partial charge in [-0.2, -0.15) is 0 Å². The summed E-state index contributed by atoms with van der Waals surface area (Å²) in [6, 6.07) is 0. The van der Waals surface area contributed by atoms with Gasteiger partial charge in [0.1, 0.15) is 11.6 Å². The maximum atomic E-state index is 11.6. The van der Waals surface area contributed by atoms with Crippen LogP contribution in [0.25, 0.3) is 0 Å². The lowest BCUT2D eigenvalue weighted by atomic mass is 9.96. The van der Waals surface area contributed by atoms with E-state index in [-0.39, 0.29) is 12.1 Å². The van der Waals surface area contributed by atoms with E-state index in [9.17, 15) is 4.79 Å². The molecule has 0 radical (unpaired) electrons. The zero-order valence-corrected chi connectivity index (χ0v) is 9.21. The van der Waals surface area contributed by atoms with Crippen LogP contribution >= 0.6 is 0 Å². The molecule has 0 saturated heterocycles. The van der Waals surface area contributed by atoms with E-state index in [1.165, 1.54) is 19.3 Å². The first kappa shape index (κ1) is 11.5. The number of nitrogens with two attached hydrogens (primary N) is 1. The number of esters is 1. The van der Waals surface area contributed by atoms with E-state index in [1.54, 1.807) is 6.92 Å². The second-order valence-electron chi connectivity index (χ2n) is 4.44. The van der Waals surface area contributed by atoms with Crippen LogP contribution in [0.1, 0.15) is 52.4 Å². The Kier molecular flexibility index (Phi) is 3.93. The highest BCUT2D eigenvalue weighted by atomic mass is 16.5.